The van der Waals surface area contributed by atoms with Crippen molar-refractivity contribution in [1.82, 2.24) is 5.32 Å². The van der Waals surface area contributed by atoms with Gasteiger partial charge in [-0.15, -0.1) is 12.4 Å². The van der Waals surface area contributed by atoms with Gasteiger partial charge in [-0.1, -0.05) is 102 Å². The summed E-state index contributed by atoms with van der Waals surface area (Å²) >= 11 is 0. The number of esters is 1. The van der Waals surface area contributed by atoms with Gasteiger partial charge in [0.2, 0.25) is 25.0 Å². The number of hydrogen-bond donors (Lipinski definition) is 5. The number of rotatable bonds is 7. The van der Waals surface area contributed by atoms with Gasteiger partial charge in [0.05, 0.1) is 6.04 Å². The van der Waals surface area contributed by atoms with Crippen LogP contribution in [0, 0.1) is 17.9 Å². The zero-order valence-electron chi connectivity index (χ0n) is 39.2. The molecule has 0 aromatic heterocycles. The van der Waals surface area contributed by atoms with E-state index in [4.69, 9.17) is 38.9 Å². The van der Waals surface area contributed by atoms with E-state index in [1.54, 1.807) is 19.9 Å². The maximum Gasteiger partial charge on any atom is 0.343 e. The number of fused-ring (bicyclic) bond motifs is 3. The largest absolute Gasteiger partial charge is 0.454 e. The van der Waals surface area contributed by atoms with Crippen molar-refractivity contribution >= 4 is 47.5 Å². The maximum absolute atomic E-state index is 13.1. The number of para-hydroxylation sites is 2. The van der Waals surface area contributed by atoms with Crippen LogP contribution in [0.3, 0.4) is 0 Å². The molecular weight excluding hydrogens is 860 g/mol. The first-order valence-corrected chi connectivity index (χ1v) is 21.6. The van der Waals surface area contributed by atoms with Crippen LogP contribution in [0.2, 0.25) is 0 Å². The number of anilines is 2. The summed E-state index contributed by atoms with van der Waals surface area (Å²) in [4.78, 5) is 48.5. The van der Waals surface area contributed by atoms with E-state index in [2.05, 4.69) is 43.8 Å². The number of allylic oxidation sites excluding steroid dienone is 2. The van der Waals surface area contributed by atoms with Gasteiger partial charge < -0.3 is 55.2 Å². The summed E-state index contributed by atoms with van der Waals surface area (Å²) in [6.45, 7) is 19.5. The van der Waals surface area contributed by atoms with Crippen LogP contribution in [0.15, 0.2) is 72.8 Å². The van der Waals surface area contributed by atoms with Crippen LogP contribution in [0.25, 0.3) is 0 Å². The molecule has 0 bridgehead atoms. The van der Waals surface area contributed by atoms with E-state index in [0.29, 0.717) is 12.8 Å². The van der Waals surface area contributed by atoms with E-state index in [9.17, 15) is 24.3 Å². The van der Waals surface area contributed by atoms with Crippen molar-refractivity contribution in [2.45, 2.75) is 155 Å². The number of aliphatic hydroxyl groups excluding tert-OH is 1. The Morgan fingerprint density at radius 1 is 0.815 bits per heavy atom. The van der Waals surface area contributed by atoms with Crippen LogP contribution in [0.4, 0.5) is 11.4 Å². The molecule has 2 aromatic rings. The van der Waals surface area contributed by atoms with Crippen LogP contribution in [-0.2, 0) is 65.2 Å². The van der Waals surface area contributed by atoms with Gasteiger partial charge in [-0.3, -0.25) is 14.4 Å². The van der Waals surface area contributed by atoms with Crippen LogP contribution < -0.4 is 21.7 Å². The Kier molecular flexibility index (Phi) is 17.6. The predicted molar refractivity (Wildman–Crippen MR) is 246 cm³/mol. The molecule has 10 atom stereocenters. The van der Waals surface area contributed by atoms with Gasteiger partial charge in [-0.05, 0) is 68.2 Å². The molecule has 5 aliphatic rings. The molecule has 3 fully saturated rings. The van der Waals surface area contributed by atoms with Crippen LogP contribution in [-0.4, -0.2) is 108 Å². The lowest BCUT2D eigenvalue weighted by Crippen LogP contribution is -2.62. The summed E-state index contributed by atoms with van der Waals surface area (Å²) in [5.74, 6) is -3.23. The lowest BCUT2D eigenvalue weighted by Gasteiger charge is -2.45. The fourth-order valence-electron chi connectivity index (χ4n) is 7.68. The lowest BCUT2D eigenvalue weighted by atomic mass is 9.92. The van der Waals surface area contributed by atoms with Gasteiger partial charge in [0.15, 0.2) is 23.8 Å². The average Bonchev–Trinajstić information content (AvgIpc) is 3.51. The fraction of sp³-hybridized carbons (Fsp3) is 0.562. The van der Waals surface area contributed by atoms with E-state index >= 15 is 0 Å². The third kappa shape index (κ3) is 14.3. The van der Waals surface area contributed by atoms with E-state index in [-0.39, 0.29) is 47.2 Å². The second-order valence-electron chi connectivity index (χ2n) is 19.6. The van der Waals surface area contributed by atoms with Crippen LogP contribution in [0.5, 0.6) is 0 Å². The molecule has 2 unspecified atom stereocenters. The van der Waals surface area contributed by atoms with Crippen molar-refractivity contribution in [3.05, 3.63) is 91.1 Å². The Bertz CT molecular complexity index is 2050. The zero-order chi connectivity index (χ0) is 47.4. The van der Waals surface area contributed by atoms with Crippen molar-refractivity contribution in [1.29, 1.82) is 0 Å². The Morgan fingerprint density at radius 3 is 1.88 bits per heavy atom. The molecule has 7 rings (SSSR count). The second kappa shape index (κ2) is 21.5. The minimum atomic E-state index is -1.14. The van der Waals surface area contributed by atoms with Crippen molar-refractivity contribution in [3.8, 4) is 0 Å². The van der Waals surface area contributed by atoms with Gasteiger partial charge >= 0.3 is 5.97 Å². The van der Waals surface area contributed by atoms with E-state index in [0.717, 1.165) is 22.5 Å². The third-order valence-electron chi connectivity index (χ3n) is 10.7. The predicted octanol–water partition coefficient (Wildman–Crippen LogP) is 5.31. The Morgan fingerprint density at radius 2 is 1.32 bits per heavy atom. The van der Waals surface area contributed by atoms with Gasteiger partial charge in [0, 0.05) is 24.9 Å². The highest BCUT2D eigenvalue weighted by atomic mass is 35.5. The Balaban J connectivity index is 0.000000237. The Hall–Kier alpha value is -4.36. The molecule has 6 N–H and O–H groups in total. The number of nitrogens with one attached hydrogen (secondary N) is 3. The number of methoxy groups -OCH3 is 1. The van der Waals surface area contributed by atoms with Crippen molar-refractivity contribution in [3.63, 3.8) is 0 Å². The molecule has 3 saturated heterocycles. The van der Waals surface area contributed by atoms with E-state index < -0.39 is 72.2 Å². The first-order valence-electron chi connectivity index (χ1n) is 21.6. The summed E-state index contributed by atoms with van der Waals surface area (Å²) < 4.78 is 39.1. The SMILES string of the molecule is CO[C@@H](C(=O)NC1Cc2ccccc2NC1=O)[C@@H]1OC(C)(C)O[C@H](/C=C/C(C)(C)C)[C@@H]1O.Cl.NC1Cc2ccccc2NC1=O.[CH2+]O[C@H]1C(=O)O[C@@H]2[C@H]1OC(C)(C)O[C@@H]2/C=C/C(C)(C)C. The molecule has 17 heteroatoms. The highest BCUT2D eigenvalue weighted by Crippen LogP contribution is 2.37. The third-order valence-corrected chi connectivity index (χ3v) is 10.7. The molecule has 0 saturated carbocycles. The maximum atomic E-state index is 13.1. The lowest BCUT2D eigenvalue weighted by molar-refractivity contribution is -0.334. The van der Waals surface area contributed by atoms with Crippen molar-refractivity contribution in [2.75, 3.05) is 17.7 Å². The van der Waals surface area contributed by atoms with Crippen LogP contribution in [0.1, 0.15) is 80.4 Å². The number of nitrogens with two attached hydrogens (primary N) is 1. The normalized spacial score (nSPS) is 29.4. The number of carbonyl (C=O) groups is 4. The summed E-state index contributed by atoms with van der Waals surface area (Å²) in [5.41, 5.74) is 9.17. The molecule has 16 nitrogen and oxygen atoms in total. The van der Waals surface area contributed by atoms with E-state index in [1.807, 2.05) is 101 Å². The van der Waals surface area contributed by atoms with Gasteiger partial charge in [-0.25, -0.2) is 4.79 Å². The quantitative estimate of drug-likeness (QED) is 0.136. The minimum Gasteiger partial charge on any atom is -0.454 e. The molecule has 65 heavy (non-hydrogen) atoms. The number of amides is 3. The standard InChI is InChI=1S/C24H34N2O6.C15H23O5.C9H10N2O.ClH/c1-23(2,3)12-11-17-18(27)19(32-24(4,5)31-17)20(30-6)22(29)26-16-13-14-9-7-8-10-15(14)25-21(16)28;1-14(2,3)8-7-9-10-11(20-15(4,5)19-9)12(17-6)13(16)18-10;10-7-5-6-3-1-2-4-8(6)11-9(7)12;/h7-12,16-20,27H,13H2,1-6H3,(H,25,28)(H,26,29);7-12H,6H2,1-5H3;1-4,7H,5,10H2,(H,11,12);1H/q;+1;;/b12-11+;8-7+;;/t16?,17-,18+,19-,20-;9-,10+,11-,12-;;/m11../s1. The van der Waals surface area contributed by atoms with E-state index in [1.165, 1.54) is 7.11 Å². The smallest absolute Gasteiger partial charge is 0.343 e. The van der Waals surface area contributed by atoms with Gasteiger partial charge in [-0.2, -0.15) is 4.74 Å². The molecule has 0 radical (unpaired) electrons. The topological polar surface area (TPSA) is 215 Å². The zero-order valence-corrected chi connectivity index (χ0v) is 40.1. The van der Waals surface area contributed by atoms with Crippen molar-refractivity contribution < 1.29 is 57.4 Å². The van der Waals surface area contributed by atoms with Crippen LogP contribution >= 0.6 is 12.4 Å². The number of carbonyl (C=O) groups excluding carboxylic acids is 4. The second-order valence-corrected chi connectivity index (χ2v) is 19.6. The Labute approximate surface area is 389 Å². The molecule has 5 aliphatic heterocycles. The molecule has 0 spiro atoms. The minimum absolute atomic E-state index is 0. The number of ether oxygens (including phenoxy) is 7. The first-order chi connectivity index (χ1) is 29.8. The summed E-state index contributed by atoms with van der Waals surface area (Å²) in [7, 11) is 4.70. The summed E-state index contributed by atoms with van der Waals surface area (Å²) in [5, 5.41) is 19.3. The van der Waals surface area contributed by atoms with Gasteiger partial charge in [0.1, 0.15) is 36.6 Å². The summed E-state index contributed by atoms with van der Waals surface area (Å²) in [6, 6.07) is 14.0. The highest BCUT2D eigenvalue weighted by Gasteiger charge is 2.57. The average molecular weight is 929 g/mol. The molecule has 0 aliphatic carbocycles. The fourth-order valence-corrected chi connectivity index (χ4v) is 7.68. The number of benzene rings is 2. The van der Waals surface area contributed by atoms with Gasteiger partial charge in [0.25, 0.3) is 5.91 Å². The highest BCUT2D eigenvalue weighted by molar-refractivity contribution is 6.00. The molecule has 3 amide bonds. The first kappa shape index (κ1) is 53.3. The molecular formula is C48H68ClN4O12+. The molecule has 2 aromatic carbocycles. The number of halogens is 1. The number of hydrogen-bond acceptors (Lipinski definition) is 13. The monoisotopic (exact) mass is 927 g/mol. The summed E-state index contributed by atoms with van der Waals surface area (Å²) in [6.07, 6.45) is 2.62. The molecule has 5 heterocycles. The molecule has 358 valence electrons. The van der Waals surface area contributed by atoms with Crippen molar-refractivity contribution in [2.24, 2.45) is 16.6 Å². The number of aliphatic hydroxyl groups is 1.